The van der Waals surface area contributed by atoms with Crippen molar-refractivity contribution in [2.45, 2.75) is 30.1 Å². The number of benzene rings is 2. The number of piperidine rings is 1. The molecule has 2 heterocycles. The highest BCUT2D eigenvalue weighted by Crippen LogP contribution is 2.27. The van der Waals surface area contributed by atoms with Crippen LogP contribution < -0.4 is 5.32 Å². The van der Waals surface area contributed by atoms with Crippen LogP contribution in [0, 0.1) is 11.8 Å². The molecule has 0 unspecified atom stereocenters. The molecule has 9 nitrogen and oxygen atoms in total. The van der Waals surface area contributed by atoms with E-state index in [1.54, 1.807) is 0 Å². The van der Waals surface area contributed by atoms with Crippen molar-refractivity contribution >= 4 is 31.6 Å². The summed E-state index contributed by atoms with van der Waals surface area (Å²) in [6.07, 6.45) is 1.01. The van der Waals surface area contributed by atoms with Gasteiger partial charge >= 0.3 is 0 Å². The third-order valence-corrected chi connectivity index (χ3v) is 10.0. The van der Waals surface area contributed by atoms with Crippen molar-refractivity contribution in [3.8, 4) is 0 Å². The van der Waals surface area contributed by atoms with Gasteiger partial charge in [0.15, 0.2) is 0 Å². The minimum atomic E-state index is -3.73. The number of rotatable bonds is 6. The predicted molar refractivity (Wildman–Crippen MR) is 132 cm³/mol. The Morgan fingerprint density at radius 1 is 0.857 bits per heavy atom. The van der Waals surface area contributed by atoms with Gasteiger partial charge in [-0.1, -0.05) is 19.9 Å². The van der Waals surface area contributed by atoms with Crippen LogP contribution in [0.5, 0.6) is 0 Å². The number of ether oxygens (including phenoxy) is 1. The summed E-state index contributed by atoms with van der Waals surface area (Å²) in [4.78, 5) is 13.0. The number of carbonyl (C=O) groups is 1. The Balaban J connectivity index is 1.47. The van der Waals surface area contributed by atoms with E-state index in [9.17, 15) is 21.6 Å². The second-order valence-electron chi connectivity index (χ2n) is 9.29. The van der Waals surface area contributed by atoms with E-state index in [2.05, 4.69) is 19.2 Å². The number of amides is 1. The average molecular weight is 522 g/mol. The van der Waals surface area contributed by atoms with E-state index >= 15 is 0 Å². The molecule has 2 aliphatic rings. The Kier molecular flexibility index (Phi) is 7.62. The monoisotopic (exact) mass is 521 g/mol. The largest absolute Gasteiger partial charge is 0.379 e. The number of anilines is 1. The second kappa shape index (κ2) is 10.4. The predicted octanol–water partition coefficient (Wildman–Crippen LogP) is 2.63. The van der Waals surface area contributed by atoms with Crippen LogP contribution in [-0.2, 0) is 24.8 Å². The Morgan fingerprint density at radius 2 is 1.46 bits per heavy atom. The first kappa shape index (κ1) is 25.8. The summed E-state index contributed by atoms with van der Waals surface area (Å²) < 4.78 is 60.0. The van der Waals surface area contributed by atoms with Gasteiger partial charge in [0.05, 0.1) is 23.0 Å². The van der Waals surface area contributed by atoms with Crippen LogP contribution in [0.1, 0.15) is 30.6 Å². The van der Waals surface area contributed by atoms with Gasteiger partial charge in [0.2, 0.25) is 20.0 Å². The lowest BCUT2D eigenvalue weighted by Gasteiger charge is -2.34. The molecule has 2 aliphatic heterocycles. The first-order valence-corrected chi connectivity index (χ1v) is 14.5. The number of nitrogens with zero attached hydrogens (tertiary/aromatic N) is 2. The van der Waals surface area contributed by atoms with Crippen LogP contribution in [0.3, 0.4) is 0 Å². The van der Waals surface area contributed by atoms with E-state index in [1.807, 2.05) is 0 Å². The zero-order chi connectivity index (χ0) is 25.2. The Hall–Kier alpha value is -2.31. The lowest BCUT2D eigenvalue weighted by atomic mass is 9.94. The van der Waals surface area contributed by atoms with Gasteiger partial charge in [-0.15, -0.1) is 0 Å². The molecule has 2 aromatic rings. The van der Waals surface area contributed by atoms with E-state index in [-0.39, 0.29) is 28.4 Å². The van der Waals surface area contributed by atoms with E-state index in [4.69, 9.17) is 4.74 Å². The van der Waals surface area contributed by atoms with Crippen molar-refractivity contribution < 1.29 is 26.4 Å². The van der Waals surface area contributed by atoms with Crippen LogP contribution in [0.2, 0.25) is 0 Å². The third-order valence-electron chi connectivity index (χ3n) is 6.29. The lowest BCUT2D eigenvalue weighted by Crippen LogP contribution is -2.42. The Morgan fingerprint density at radius 3 is 2.09 bits per heavy atom. The van der Waals surface area contributed by atoms with Gasteiger partial charge in [-0.05, 0) is 60.7 Å². The highest BCUT2D eigenvalue weighted by Gasteiger charge is 2.31. The maximum absolute atomic E-state index is 13.1. The normalized spacial score (nSPS) is 22.6. The molecule has 2 aromatic carbocycles. The first-order valence-electron chi connectivity index (χ1n) is 11.7. The second-order valence-corrected chi connectivity index (χ2v) is 13.2. The summed E-state index contributed by atoms with van der Waals surface area (Å²) in [5.41, 5.74) is 0.600. The standard InChI is InChI=1S/C24H31N3O6S2/c1-18-14-19(2)17-27(16-18)34(29,30)22-8-6-21(7-9-22)25-24(28)20-4-3-5-23(15-20)35(31,32)26-10-12-33-13-11-26/h3-9,15,18-19H,10-14,16-17H2,1-2H3,(H,25,28)/t18-,19-/m0/s1. The molecule has 4 rings (SSSR count). The van der Waals surface area contributed by atoms with Crippen LogP contribution in [0.15, 0.2) is 58.3 Å². The van der Waals surface area contributed by atoms with Gasteiger partial charge in [0.25, 0.3) is 5.91 Å². The zero-order valence-electron chi connectivity index (χ0n) is 19.9. The first-order chi connectivity index (χ1) is 16.6. The molecule has 190 valence electrons. The Bertz CT molecular complexity index is 1260. The number of hydrogen-bond acceptors (Lipinski definition) is 6. The molecule has 2 atom stereocenters. The van der Waals surface area contributed by atoms with Crippen LogP contribution in [0.4, 0.5) is 5.69 Å². The van der Waals surface area contributed by atoms with Crippen molar-refractivity contribution in [3.05, 3.63) is 54.1 Å². The molecule has 0 aromatic heterocycles. The van der Waals surface area contributed by atoms with Crippen molar-refractivity contribution in [2.75, 3.05) is 44.7 Å². The molecule has 2 fully saturated rings. The molecule has 0 saturated carbocycles. The summed E-state index contributed by atoms with van der Waals surface area (Å²) in [6.45, 7) is 6.30. The maximum atomic E-state index is 13.1. The Labute approximate surface area is 207 Å². The van der Waals surface area contributed by atoms with E-state index < -0.39 is 26.0 Å². The van der Waals surface area contributed by atoms with Gasteiger partial charge in [0.1, 0.15) is 0 Å². The van der Waals surface area contributed by atoms with Crippen molar-refractivity contribution in [1.82, 2.24) is 8.61 Å². The molecule has 0 aliphatic carbocycles. The van der Waals surface area contributed by atoms with Gasteiger partial charge in [0, 0.05) is 37.4 Å². The highest BCUT2D eigenvalue weighted by molar-refractivity contribution is 7.89. The van der Waals surface area contributed by atoms with Gasteiger partial charge in [-0.2, -0.15) is 8.61 Å². The topological polar surface area (TPSA) is 113 Å². The zero-order valence-corrected chi connectivity index (χ0v) is 21.5. The summed E-state index contributed by atoms with van der Waals surface area (Å²) in [5, 5.41) is 2.71. The molecule has 2 saturated heterocycles. The van der Waals surface area contributed by atoms with Crippen molar-refractivity contribution in [2.24, 2.45) is 11.8 Å². The number of hydrogen-bond donors (Lipinski definition) is 1. The maximum Gasteiger partial charge on any atom is 0.255 e. The van der Waals surface area contributed by atoms with Crippen LogP contribution >= 0.6 is 0 Å². The molecule has 0 bridgehead atoms. The quantitative estimate of drug-likeness (QED) is 0.625. The lowest BCUT2D eigenvalue weighted by molar-refractivity contribution is 0.0730. The minimum Gasteiger partial charge on any atom is -0.379 e. The molecular weight excluding hydrogens is 490 g/mol. The van der Waals surface area contributed by atoms with Gasteiger partial charge < -0.3 is 10.1 Å². The molecule has 11 heteroatoms. The van der Waals surface area contributed by atoms with E-state index in [0.29, 0.717) is 43.8 Å². The minimum absolute atomic E-state index is 0.0403. The average Bonchev–Trinajstić information content (AvgIpc) is 2.84. The number of sulfonamides is 2. The smallest absolute Gasteiger partial charge is 0.255 e. The molecule has 0 spiro atoms. The van der Waals surface area contributed by atoms with Crippen LogP contribution in [0.25, 0.3) is 0 Å². The van der Waals surface area contributed by atoms with Crippen molar-refractivity contribution in [1.29, 1.82) is 0 Å². The molecular formula is C24H31N3O6S2. The van der Waals surface area contributed by atoms with Crippen molar-refractivity contribution in [3.63, 3.8) is 0 Å². The summed E-state index contributed by atoms with van der Waals surface area (Å²) in [7, 11) is -7.35. The fourth-order valence-electron chi connectivity index (χ4n) is 4.60. The fraction of sp³-hybridized carbons (Fsp3) is 0.458. The molecule has 0 radical (unpaired) electrons. The van der Waals surface area contributed by atoms with Gasteiger partial charge in [-0.25, -0.2) is 16.8 Å². The molecule has 35 heavy (non-hydrogen) atoms. The number of morpholine rings is 1. The SMILES string of the molecule is C[C@H]1C[C@H](C)CN(S(=O)(=O)c2ccc(NC(=O)c3cccc(S(=O)(=O)N4CCOCC4)c3)cc2)C1. The summed E-state index contributed by atoms with van der Waals surface area (Å²) >= 11 is 0. The fourth-order valence-corrected chi connectivity index (χ4v) is 7.73. The number of carbonyl (C=O) groups excluding carboxylic acids is 1. The molecule has 1 amide bonds. The highest BCUT2D eigenvalue weighted by atomic mass is 32.2. The summed E-state index contributed by atoms with van der Waals surface area (Å²) in [5.74, 6) is 0.114. The molecule has 1 N–H and O–H groups in total. The van der Waals surface area contributed by atoms with E-state index in [1.165, 1.54) is 57.1 Å². The van der Waals surface area contributed by atoms with Gasteiger partial charge in [-0.3, -0.25) is 4.79 Å². The van der Waals surface area contributed by atoms with E-state index in [0.717, 1.165) is 6.42 Å². The van der Waals surface area contributed by atoms with Crippen LogP contribution in [-0.4, -0.2) is 70.7 Å². The number of nitrogens with one attached hydrogen (secondary N) is 1. The summed E-state index contributed by atoms with van der Waals surface area (Å²) in [6, 6.07) is 11.9. The third kappa shape index (κ3) is 5.75.